The Balaban J connectivity index is 1.42. The molecule has 2 heterocycles. The summed E-state index contributed by atoms with van der Waals surface area (Å²) in [4.78, 5) is 3.63. The van der Waals surface area contributed by atoms with Crippen molar-refractivity contribution in [1.82, 2.24) is 9.55 Å². The number of hydrogen-bond donors (Lipinski definition) is 1. The number of hydrogen-bond acceptors (Lipinski definition) is 0. The molecule has 0 saturated heterocycles. The number of rotatable bonds is 2. The van der Waals surface area contributed by atoms with E-state index < -0.39 is 0 Å². The topological polar surface area (TPSA) is 20.7 Å². The smallest absolute Gasteiger partial charge is 0.0544 e. The fraction of sp³-hybridized carbons (Fsp3) is 0. The van der Waals surface area contributed by atoms with Gasteiger partial charge >= 0.3 is 0 Å². The van der Waals surface area contributed by atoms with E-state index in [0.29, 0.717) is 0 Å². The van der Waals surface area contributed by atoms with E-state index in [9.17, 15) is 0 Å². The molecular formula is C30H19IN2. The molecule has 0 fully saturated rings. The maximum Gasteiger partial charge on any atom is 0.0544 e. The molecule has 7 aromatic rings. The zero-order valence-electron chi connectivity index (χ0n) is 17.7. The van der Waals surface area contributed by atoms with E-state index >= 15 is 0 Å². The molecule has 3 heteroatoms. The first kappa shape index (κ1) is 18.9. The van der Waals surface area contributed by atoms with Crippen LogP contribution in [0.3, 0.4) is 0 Å². The molecule has 156 valence electrons. The van der Waals surface area contributed by atoms with Gasteiger partial charge in [-0.3, -0.25) is 0 Å². The van der Waals surface area contributed by atoms with E-state index in [1.54, 1.807) is 0 Å². The van der Waals surface area contributed by atoms with Gasteiger partial charge in [-0.05, 0) is 70.6 Å². The van der Waals surface area contributed by atoms with Crippen LogP contribution < -0.4 is 0 Å². The van der Waals surface area contributed by atoms with Crippen LogP contribution in [0, 0.1) is 3.57 Å². The number of para-hydroxylation sites is 3. The van der Waals surface area contributed by atoms with E-state index in [-0.39, 0.29) is 0 Å². The molecule has 0 spiro atoms. The van der Waals surface area contributed by atoms with E-state index in [1.807, 2.05) is 0 Å². The molecule has 0 aliphatic heterocycles. The summed E-state index contributed by atoms with van der Waals surface area (Å²) in [5.41, 5.74) is 8.46. The van der Waals surface area contributed by atoms with Gasteiger partial charge in [0.05, 0.1) is 16.6 Å². The number of benzene rings is 5. The lowest BCUT2D eigenvalue weighted by Crippen LogP contribution is -1.93. The second-order valence-electron chi connectivity index (χ2n) is 8.46. The van der Waals surface area contributed by atoms with Gasteiger partial charge in [0.15, 0.2) is 0 Å². The highest BCUT2D eigenvalue weighted by atomic mass is 127. The Kier molecular flexibility index (Phi) is 4.15. The van der Waals surface area contributed by atoms with Crippen LogP contribution in [-0.2, 0) is 0 Å². The van der Waals surface area contributed by atoms with Crippen LogP contribution in [-0.4, -0.2) is 9.55 Å². The van der Waals surface area contributed by atoms with Gasteiger partial charge in [0.2, 0.25) is 0 Å². The van der Waals surface area contributed by atoms with Crippen molar-refractivity contribution in [3.05, 3.63) is 113 Å². The third-order valence-electron chi connectivity index (χ3n) is 6.61. The van der Waals surface area contributed by atoms with Crippen molar-refractivity contribution in [2.24, 2.45) is 0 Å². The van der Waals surface area contributed by atoms with Gasteiger partial charge in [-0.25, -0.2) is 0 Å². The minimum Gasteiger partial charge on any atom is -0.354 e. The van der Waals surface area contributed by atoms with E-state index in [0.717, 1.165) is 0 Å². The largest absolute Gasteiger partial charge is 0.354 e. The molecule has 1 N–H and O–H groups in total. The second kappa shape index (κ2) is 7.22. The third kappa shape index (κ3) is 2.85. The molecule has 5 aromatic carbocycles. The summed E-state index contributed by atoms with van der Waals surface area (Å²) in [6, 6.07) is 39.4. The van der Waals surface area contributed by atoms with Gasteiger partial charge in [-0.1, -0.05) is 66.7 Å². The zero-order chi connectivity index (χ0) is 21.9. The normalized spacial score (nSPS) is 11.8. The van der Waals surface area contributed by atoms with Crippen LogP contribution in [0.4, 0.5) is 0 Å². The second-order valence-corrected chi connectivity index (χ2v) is 9.71. The molecule has 0 radical (unpaired) electrons. The molecule has 7 rings (SSSR count). The van der Waals surface area contributed by atoms with Crippen molar-refractivity contribution in [3.8, 4) is 16.8 Å². The molecule has 0 bridgehead atoms. The highest BCUT2D eigenvalue weighted by molar-refractivity contribution is 14.1. The first-order valence-electron chi connectivity index (χ1n) is 11.1. The molecule has 0 unspecified atom stereocenters. The number of aromatic amines is 1. The van der Waals surface area contributed by atoms with Crippen LogP contribution in [0.25, 0.3) is 60.4 Å². The van der Waals surface area contributed by atoms with Crippen molar-refractivity contribution in [1.29, 1.82) is 0 Å². The summed E-state index contributed by atoms with van der Waals surface area (Å²) in [5.74, 6) is 0. The maximum atomic E-state index is 3.63. The molecule has 2 aromatic heterocycles. The molecule has 0 aliphatic carbocycles. The number of halogens is 1. The van der Waals surface area contributed by atoms with Crippen LogP contribution in [0.2, 0.25) is 0 Å². The van der Waals surface area contributed by atoms with E-state index in [4.69, 9.17) is 0 Å². The summed E-state index contributed by atoms with van der Waals surface area (Å²) in [5, 5.41) is 5.12. The van der Waals surface area contributed by atoms with E-state index in [2.05, 4.69) is 141 Å². The maximum absolute atomic E-state index is 3.63. The van der Waals surface area contributed by atoms with Crippen LogP contribution >= 0.6 is 22.6 Å². The predicted octanol–water partition coefficient (Wildman–Crippen LogP) is 8.69. The van der Waals surface area contributed by atoms with Crippen molar-refractivity contribution in [2.75, 3.05) is 0 Å². The monoisotopic (exact) mass is 534 g/mol. The first-order chi connectivity index (χ1) is 16.3. The quantitative estimate of drug-likeness (QED) is 0.214. The summed E-state index contributed by atoms with van der Waals surface area (Å²) < 4.78 is 3.62. The number of aromatic nitrogens is 2. The van der Waals surface area contributed by atoms with Gasteiger partial charge in [0, 0.05) is 41.9 Å². The van der Waals surface area contributed by atoms with E-state index in [1.165, 1.54) is 64.0 Å². The standard InChI is InChI=1S/C30H19IN2/c31-20-14-17-29-26(18-20)24-7-2-4-11-28(24)33(29)21-15-12-19(13-16-21)22-8-5-9-25-23-6-1-3-10-27(23)32-30(22)25/h1-18,32H. The molecule has 0 amide bonds. The Bertz CT molecular complexity index is 1820. The Morgan fingerprint density at radius 1 is 0.576 bits per heavy atom. The third-order valence-corrected chi connectivity index (χ3v) is 7.28. The molecular weight excluding hydrogens is 515 g/mol. The molecule has 0 saturated carbocycles. The Hall–Kier alpha value is -3.57. The van der Waals surface area contributed by atoms with Crippen LogP contribution in [0.1, 0.15) is 0 Å². The van der Waals surface area contributed by atoms with Crippen molar-refractivity contribution >= 4 is 66.2 Å². The van der Waals surface area contributed by atoms with Crippen molar-refractivity contribution in [2.45, 2.75) is 0 Å². The first-order valence-corrected chi connectivity index (χ1v) is 12.1. The van der Waals surface area contributed by atoms with Crippen molar-refractivity contribution in [3.63, 3.8) is 0 Å². The highest BCUT2D eigenvalue weighted by Crippen LogP contribution is 2.36. The fourth-order valence-corrected chi connectivity index (χ4v) is 5.62. The lowest BCUT2D eigenvalue weighted by molar-refractivity contribution is 1.18. The number of nitrogens with one attached hydrogen (secondary N) is 1. The fourth-order valence-electron chi connectivity index (χ4n) is 5.13. The van der Waals surface area contributed by atoms with Gasteiger partial charge in [0.25, 0.3) is 0 Å². The summed E-state index contributed by atoms with van der Waals surface area (Å²) in [6.07, 6.45) is 0. The summed E-state index contributed by atoms with van der Waals surface area (Å²) >= 11 is 2.39. The summed E-state index contributed by atoms with van der Waals surface area (Å²) in [7, 11) is 0. The molecule has 0 aliphatic rings. The van der Waals surface area contributed by atoms with Gasteiger partial charge in [0.1, 0.15) is 0 Å². The molecule has 0 atom stereocenters. The van der Waals surface area contributed by atoms with Gasteiger partial charge in [-0.2, -0.15) is 0 Å². The lowest BCUT2D eigenvalue weighted by atomic mass is 10.0. The van der Waals surface area contributed by atoms with Gasteiger partial charge in [-0.15, -0.1) is 0 Å². The van der Waals surface area contributed by atoms with Crippen LogP contribution in [0.5, 0.6) is 0 Å². The number of nitrogens with zero attached hydrogens (tertiary/aromatic N) is 1. The Morgan fingerprint density at radius 3 is 2.18 bits per heavy atom. The molecule has 33 heavy (non-hydrogen) atoms. The Morgan fingerprint density at radius 2 is 1.30 bits per heavy atom. The number of H-pyrrole nitrogens is 1. The predicted molar refractivity (Wildman–Crippen MR) is 148 cm³/mol. The van der Waals surface area contributed by atoms with Crippen LogP contribution in [0.15, 0.2) is 109 Å². The molecule has 2 nitrogen and oxygen atoms in total. The number of fused-ring (bicyclic) bond motifs is 6. The highest BCUT2D eigenvalue weighted by Gasteiger charge is 2.13. The van der Waals surface area contributed by atoms with Gasteiger partial charge < -0.3 is 9.55 Å². The average molecular weight is 534 g/mol. The average Bonchev–Trinajstić information content (AvgIpc) is 3.40. The minimum atomic E-state index is 1.18. The zero-order valence-corrected chi connectivity index (χ0v) is 19.9. The SMILES string of the molecule is Ic1ccc2c(c1)c1ccccc1n2-c1ccc(-c2cccc3c2[nH]c2ccccc23)cc1. The minimum absolute atomic E-state index is 1.18. The Labute approximate surface area is 204 Å². The van der Waals surface area contributed by atoms with Crippen molar-refractivity contribution < 1.29 is 0 Å². The lowest BCUT2D eigenvalue weighted by Gasteiger charge is -2.10. The summed E-state index contributed by atoms with van der Waals surface area (Å²) in [6.45, 7) is 0.